The Kier molecular flexibility index (Phi) is 6.58. The quantitative estimate of drug-likeness (QED) is 0.732. The lowest BCUT2D eigenvalue weighted by Gasteiger charge is -2.25. The van der Waals surface area contributed by atoms with Gasteiger partial charge in [-0.05, 0) is 42.8 Å². The van der Waals surface area contributed by atoms with Crippen LogP contribution in [0.2, 0.25) is 0 Å². The van der Waals surface area contributed by atoms with Gasteiger partial charge in [0.15, 0.2) is 0 Å². The number of anilines is 1. The van der Waals surface area contributed by atoms with Crippen molar-refractivity contribution in [3.05, 3.63) is 59.7 Å². The molecule has 0 unspecified atom stereocenters. The van der Waals surface area contributed by atoms with E-state index in [0.29, 0.717) is 37.3 Å². The summed E-state index contributed by atoms with van der Waals surface area (Å²) in [5.74, 6) is -0.536. The first-order chi connectivity index (χ1) is 14.3. The minimum atomic E-state index is -3.60. The van der Waals surface area contributed by atoms with E-state index in [2.05, 4.69) is 5.32 Å². The molecule has 0 fully saturated rings. The molecule has 1 aliphatic rings. The van der Waals surface area contributed by atoms with E-state index < -0.39 is 16.1 Å². The van der Waals surface area contributed by atoms with Gasteiger partial charge in [0.1, 0.15) is 6.04 Å². The summed E-state index contributed by atoms with van der Waals surface area (Å²) in [6.07, 6.45) is 0.447. The van der Waals surface area contributed by atoms with Gasteiger partial charge in [0.2, 0.25) is 15.9 Å². The van der Waals surface area contributed by atoms with Crippen molar-refractivity contribution in [2.45, 2.75) is 38.1 Å². The molecule has 0 bridgehead atoms. The predicted molar refractivity (Wildman–Crippen MR) is 116 cm³/mol. The van der Waals surface area contributed by atoms with E-state index in [0.717, 1.165) is 5.56 Å². The van der Waals surface area contributed by atoms with Crippen LogP contribution in [0.1, 0.15) is 36.7 Å². The second kappa shape index (κ2) is 8.97. The molecule has 8 heteroatoms. The van der Waals surface area contributed by atoms with Gasteiger partial charge in [-0.2, -0.15) is 4.31 Å². The zero-order valence-corrected chi connectivity index (χ0v) is 18.3. The molecule has 1 heterocycles. The third kappa shape index (κ3) is 3.97. The maximum Gasteiger partial charge on any atom is 0.259 e. The van der Waals surface area contributed by atoms with Crippen LogP contribution in [0.4, 0.5) is 5.69 Å². The molecule has 2 aromatic rings. The van der Waals surface area contributed by atoms with Crippen molar-refractivity contribution >= 4 is 27.5 Å². The van der Waals surface area contributed by atoms with E-state index >= 15 is 0 Å². The number of likely N-dealkylation sites (N-methyl/N-ethyl adjacent to an activating group) is 1. The monoisotopic (exact) mass is 429 g/mol. The number of carbonyl (C=O) groups is 2. The molecule has 1 N–H and O–H groups in total. The molecule has 0 saturated heterocycles. The van der Waals surface area contributed by atoms with E-state index in [9.17, 15) is 18.0 Å². The first-order valence-electron chi connectivity index (χ1n) is 10.1. The molecular formula is C22H27N3O4S. The summed E-state index contributed by atoms with van der Waals surface area (Å²) in [5, 5.41) is 2.80. The molecular weight excluding hydrogens is 402 g/mol. The van der Waals surface area contributed by atoms with Crippen LogP contribution in [0.3, 0.4) is 0 Å². The topological polar surface area (TPSA) is 86.8 Å². The third-order valence-corrected chi connectivity index (χ3v) is 7.36. The third-order valence-electron chi connectivity index (χ3n) is 5.29. The van der Waals surface area contributed by atoms with E-state index in [1.54, 1.807) is 13.8 Å². The summed E-state index contributed by atoms with van der Waals surface area (Å²) in [4.78, 5) is 27.6. The highest BCUT2D eigenvalue weighted by atomic mass is 32.2. The van der Waals surface area contributed by atoms with E-state index in [1.807, 2.05) is 31.2 Å². The summed E-state index contributed by atoms with van der Waals surface area (Å²) >= 11 is 0. The normalized spacial score (nSPS) is 15.9. The van der Waals surface area contributed by atoms with Crippen LogP contribution in [0, 0.1) is 0 Å². The molecule has 1 aliphatic heterocycles. The smallest absolute Gasteiger partial charge is 0.259 e. The molecule has 0 radical (unpaired) electrons. The van der Waals surface area contributed by atoms with Crippen LogP contribution >= 0.6 is 0 Å². The van der Waals surface area contributed by atoms with Gasteiger partial charge >= 0.3 is 0 Å². The number of amides is 2. The van der Waals surface area contributed by atoms with Crippen LogP contribution in [0.25, 0.3) is 0 Å². The van der Waals surface area contributed by atoms with Crippen LogP contribution in [-0.2, 0) is 21.2 Å². The summed E-state index contributed by atoms with van der Waals surface area (Å²) in [6.45, 7) is 6.62. The molecule has 160 valence electrons. The van der Waals surface area contributed by atoms with Crippen molar-refractivity contribution in [2.24, 2.45) is 0 Å². The average molecular weight is 430 g/mol. The molecule has 0 aliphatic carbocycles. The Labute approximate surface area is 177 Å². The lowest BCUT2D eigenvalue weighted by Crippen LogP contribution is -2.48. The predicted octanol–water partition coefficient (Wildman–Crippen LogP) is 2.42. The Balaban J connectivity index is 1.93. The van der Waals surface area contributed by atoms with Crippen molar-refractivity contribution in [2.75, 3.05) is 24.5 Å². The summed E-state index contributed by atoms with van der Waals surface area (Å²) in [7, 11) is -3.60. The molecule has 2 aromatic carbocycles. The van der Waals surface area contributed by atoms with Gasteiger partial charge in [-0.15, -0.1) is 0 Å². The minimum absolute atomic E-state index is 0.143. The van der Waals surface area contributed by atoms with Gasteiger partial charge in [0, 0.05) is 37.3 Å². The number of para-hydroxylation sites is 1. The van der Waals surface area contributed by atoms with Crippen LogP contribution in [0.15, 0.2) is 53.4 Å². The molecule has 30 heavy (non-hydrogen) atoms. The standard InChI is InChI=1S/C22H27N3O4S/c1-4-23-21(26)20-15-17-9-7-8-10-19(17)25(20)22(27)16-11-13-18(14-12-16)30(28,29)24(5-2)6-3/h7-14,20H,4-6,15H2,1-3H3,(H,23,26)/t20-/m0/s1. The van der Waals surface area contributed by atoms with Crippen molar-refractivity contribution in [1.29, 1.82) is 0 Å². The van der Waals surface area contributed by atoms with Gasteiger partial charge < -0.3 is 5.32 Å². The summed E-state index contributed by atoms with van der Waals surface area (Å²) < 4.78 is 26.7. The number of hydrogen-bond donors (Lipinski definition) is 1. The summed E-state index contributed by atoms with van der Waals surface area (Å²) in [6, 6.07) is 12.7. The van der Waals surface area contributed by atoms with Crippen LogP contribution in [-0.4, -0.2) is 50.2 Å². The van der Waals surface area contributed by atoms with Gasteiger partial charge in [-0.25, -0.2) is 8.42 Å². The van der Waals surface area contributed by atoms with Gasteiger partial charge in [0.25, 0.3) is 5.91 Å². The number of fused-ring (bicyclic) bond motifs is 1. The first kappa shape index (κ1) is 22.0. The Hall–Kier alpha value is -2.71. The average Bonchev–Trinajstić information content (AvgIpc) is 3.14. The maximum atomic E-state index is 13.3. The number of hydrogen-bond acceptors (Lipinski definition) is 4. The lowest BCUT2D eigenvalue weighted by atomic mass is 10.1. The number of carbonyl (C=O) groups excluding carboxylic acids is 2. The number of nitrogens with one attached hydrogen (secondary N) is 1. The Morgan fingerprint density at radius 1 is 1.03 bits per heavy atom. The highest BCUT2D eigenvalue weighted by Crippen LogP contribution is 2.33. The molecule has 7 nitrogen and oxygen atoms in total. The van der Waals surface area contributed by atoms with Gasteiger partial charge in [0.05, 0.1) is 4.90 Å². The number of rotatable bonds is 7. The molecule has 1 atom stereocenters. The van der Waals surface area contributed by atoms with Crippen molar-refractivity contribution in [3.8, 4) is 0 Å². The van der Waals surface area contributed by atoms with Crippen molar-refractivity contribution < 1.29 is 18.0 Å². The van der Waals surface area contributed by atoms with E-state index in [4.69, 9.17) is 0 Å². The fourth-order valence-electron chi connectivity index (χ4n) is 3.76. The van der Waals surface area contributed by atoms with Crippen LogP contribution in [0.5, 0.6) is 0 Å². The fraction of sp³-hybridized carbons (Fsp3) is 0.364. The van der Waals surface area contributed by atoms with Crippen molar-refractivity contribution in [3.63, 3.8) is 0 Å². The first-order valence-corrected chi connectivity index (χ1v) is 11.6. The van der Waals surface area contributed by atoms with E-state index in [-0.39, 0.29) is 16.7 Å². The number of nitrogens with zero attached hydrogens (tertiary/aromatic N) is 2. The Morgan fingerprint density at radius 3 is 2.27 bits per heavy atom. The second-order valence-electron chi connectivity index (χ2n) is 7.03. The Morgan fingerprint density at radius 2 is 1.67 bits per heavy atom. The Bertz CT molecular complexity index is 1030. The van der Waals surface area contributed by atoms with Gasteiger partial charge in [-0.3, -0.25) is 14.5 Å². The van der Waals surface area contributed by atoms with Crippen LogP contribution < -0.4 is 10.2 Å². The summed E-state index contributed by atoms with van der Waals surface area (Å²) in [5.41, 5.74) is 1.97. The van der Waals surface area contributed by atoms with Gasteiger partial charge in [-0.1, -0.05) is 32.0 Å². The zero-order chi connectivity index (χ0) is 21.9. The SMILES string of the molecule is CCNC(=O)[C@@H]1Cc2ccccc2N1C(=O)c1ccc(S(=O)(=O)N(CC)CC)cc1. The molecule has 2 amide bonds. The molecule has 0 aromatic heterocycles. The minimum Gasteiger partial charge on any atom is -0.355 e. The van der Waals surface area contributed by atoms with E-state index in [1.165, 1.54) is 33.5 Å². The number of sulfonamides is 1. The van der Waals surface area contributed by atoms with Crippen molar-refractivity contribution in [1.82, 2.24) is 9.62 Å². The molecule has 0 spiro atoms. The largest absolute Gasteiger partial charge is 0.355 e. The maximum absolute atomic E-state index is 13.3. The fourth-order valence-corrected chi connectivity index (χ4v) is 5.22. The number of benzene rings is 2. The molecule has 0 saturated carbocycles. The molecule has 3 rings (SSSR count). The second-order valence-corrected chi connectivity index (χ2v) is 8.97. The zero-order valence-electron chi connectivity index (χ0n) is 17.5. The highest BCUT2D eigenvalue weighted by Gasteiger charge is 2.38. The highest BCUT2D eigenvalue weighted by molar-refractivity contribution is 7.89. The lowest BCUT2D eigenvalue weighted by molar-refractivity contribution is -0.122.